The first-order valence-electron chi connectivity index (χ1n) is 31.5. The van der Waals surface area contributed by atoms with Crippen LogP contribution in [0.3, 0.4) is 0 Å². The van der Waals surface area contributed by atoms with Crippen molar-refractivity contribution in [3.05, 3.63) is 0 Å². The van der Waals surface area contributed by atoms with Gasteiger partial charge in [-0.05, 0) is 25.7 Å². The molecular formula is C63H126O3. The highest BCUT2D eigenvalue weighted by Gasteiger charge is 2.05. The maximum Gasteiger partial charge on any atom is 0.305 e. The molecule has 0 saturated carbocycles. The molecule has 66 heavy (non-hydrogen) atoms. The number of unbranched alkanes of at least 4 members (excludes halogenated alkanes) is 52. The van der Waals surface area contributed by atoms with Crippen LogP contribution in [0.5, 0.6) is 0 Å². The molecule has 1 atom stereocenters. The topological polar surface area (TPSA) is 46.5 Å². The Morgan fingerprint density at radius 3 is 0.697 bits per heavy atom. The molecule has 0 aliphatic heterocycles. The second-order valence-corrected chi connectivity index (χ2v) is 21.9. The van der Waals surface area contributed by atoms with E-state index in [1.54, 1.807) is 0 Å². The fourth-order valence-corrected chi connectivity index (χ4v) is 10.3. The molecule has 0 aromatic rings. The molecule has 0 heterocycles. The number of hydrogen-bond donors (Lipinski definition) is 1. The van der Waals surface area contributed by atoms with Gasteiger partial charge in [-0.1, -0.05) is 354 Å². The summed E-state index contributed by atoms with van der Waals surface area (Å²) in [5.74, 6) is 0.00954. The third-order valence-electron chi connectivity index (χ3n) is 15.1. The third kappa shape index (κ3) is 59.6. The molecule has 396 valence electrons. The van der Waals surface area contributed by atoms with Crippen LogP contribution < -0.4 is 0 Å². The first-order chi connectivity index (χ1) is 32.7. The van der Waals surface area contributed by atoms with Crippen molar-refractivity contribution in [3.63, 3.8) is 0 Å². The SMILES string of the molecule is CCCCCCCCCCCCCCCCCCCCCCCCCCCCCCCCCCCCCCCCCCCCCOC(=O)CCCCCCCCCCC(O)CCCCCC. The van der Waals surface area contributed by atoms with E-state index in [2.05, 4.69) is 13.8 Å². The molecule has 1 N–H and O–H groups in total. The van der Waals surface area contributed by atoms with Gasteiger partial charge >= 0.3 is 5.97 Å². The number of aliphatic hydroxyl groups is 1. The first kappa shape index (κ1) is 65.4. The Balaban J connectivity index is 3.14. The molecule has 0 bridgehead atoms. The van der Waals surface area contributed by atoms with Crippen molar-refractivity contribution in [2.24, 2.45) is 0 Å². The lowest BCUT2D eigenvalue weighted by atomic mass is 10.0. The normalized spacial score (nSPS) is 12.1. The van der Waals surface area contributed by atoms with Gasteiger partial charge in [0, 0.05) is 6.42 Å². The summed E-state index contributed by atoms with van der Waals surface area (Å²) in [5, 5.41) is 10.1. The van der Waals surface area contributed by atoms with Gasteiger partial charge in [-0.25, -0.2) is 0 Å². The van der Waals surface area contributed by atoms with Crippen molar-refractivity contribution in [1.82, 2.24) is 0 Å². The highest BCUT2D eigenvalue weighted by Crippen LogP contribution is 2.19. The number of aliphatic hydroxyl groups excluding tert-OH is 1. The number of rotatable bonds is 60. The molecule has 3 nitrogen and oxygen atoms in total. The summed E-state index contributed by atoms with van der Waals surface area (Å²) < 4.78 is 5.49. The van der Waals surface area contributed by atoms with Gasteiger partial charge in [0.05, 0.1) is 12.7 Å². The van der Waals surface area contributed by atoms with Crippen LogP contribution >= 0.6 is 0 Å². The van der Waals surface area contributed by atoms with Crippen molar-refractivity contribution in [2.75, 3.05) is 6.61 Å². The highest BCUT2D eigenvalue weighted by molar-refractivity contribution is 5.69. The molecule has 0 fully saturated rings. The van der Waals surface area contributed by atoms with Gasteiger partial charge in [0.2, 0.25) is 0 Å². The summed E-state index contributed by atoms with van der Waals surface area (Å²) in [6, 6.07) is 0. The molecule has 0 amide bonds. The number of esters is 1. The summed E-state index contributed by atoms with van der Waals surface area (Å²) in [5.41, 5.74) is 0. The van der Waals surface area contributed by atoms with E-state index < -0.39 is 0 Å². The molecular weight excluding hydrogens is 805 g/mol. The quantitative estimate of drug-likeness (QED) is 0.0488. The number of carbonyl (C=O) groups is 1. The Bertz CT molecular complexity index is 857. The highest BCUT2D eigenvalue weighted by atomic mass is 16.5. The summed E-state index contributed by atoms with van der Waals surface area (Å²) in [4.78, 5) is 12.1. The van der Waals surface area contributed by atoms with Gasteiger partial charge in [-0.15, -0.1) is 0 Å². The van der Waals surface area contributed by atoms with Crippen LogP contribution in [0.1, 0.15) is 386 Å². The van der Waals surface area contributed by atoms with E-state index in [1.165, 1.54) is 334 Å². The van der Waals surface area contributed by atoms with E-state index in [9.17, 15) is 9.90 Å². The minimum Gasteiger partial charge on any atom is -0.466 e. The Labute approximate surface area is 417 Å². The number of carbonyl (C=O) groups excluding carboxylic acids is 1. The molecule has 0 aromatic carbocycles. The van der Waals surface area contributed by atoms with E-state index in [1.807, 2.05) is 0 Å². The second-order valence-electron chi connectivity index (χ2n) is 21.9. The monoisotopic (exact) mass is 931 g/mol. The molecule has 0 aromatic heterocycles. The molecule has 0 spiro atoms. The van der Waals surface area contributed by atoms with Crippen molar-refractivity contribution in [1.29, 1.82) is 0 Å². The standard InChI is InChI=1S/C63H126O3/c1-3-5-7-9-10-11-12-13-14-15-16-17-18-19-20-21-22-23-24-25-26-27-28-29-30-31-32-33-34-35-36-37-38-39-40-41-42-43-44-47-50-53-57-61-66-63(65)60-56-52-49-46-45-48-51-55-59-62(64)58-54-8-6-4-2/h62,64H,3-61H2,1-2H3. The molecule has 0 aliphatic carbocycles. The lowest BCUT2D eigenvalue weighted by Gasteiger charge is -2.10. The average molecular weight is 932 g/mol. The van der Waals surface area contributed by atoms with Gasteiger partial charge in [-0.2, -0.15) is 0 Å². The lowest BCUT2D eigenvalue weighted by molar-refractivity contribution is -0.143. The summed E-state index contributed by atoms with van der Waals surface area (Å²) in [6.07, 6.45) is 79.2. The fraction of sp³-hybridized carbons (Fsp3) is 0.984. The Hall–Kier alpha value is -0.570. The van der Waals surface area contributed by atoms with Gasteiger partial charge < -0.3 is 9.84 Å². The minimum absolute atomic E-state index is 0.00954. The largest absolute Gasteiger partial charge is 0.466 e. The van der Waals surface area contributed by atoms with Crippen molar-refractivity contribution in [3.8, 4) is 0 Å². The van der Waals surface area contributed by atoms with Crippen LogP contribution in [0.15, 0.2) is 0 Å². The van der Waals surface area contributed by atoms with Gasteiger partial charge in [0.25, 0.3) is 0 Å². The minimum atomic E-state index is -0.0801. The molecule has 0 rings (SSSR count). The van der Waals surface area contributed by atoms with E-state index in [0.29, 0.717) is 13.0 Å². The van der Waals surface area contributed by atoms with E-state index in [0.717, 1.165) is 32.1 Å². The van der Waals surface area contributed by atoms with E-state index >= 15 is 0 Å². The van der Waals surface area contributed by atoms with Crippen molar-refractivity contribution < 1.29 is 14.6 Å². The number of ether oxygens (including phenoxy) is 1. The Morgan fingerprint density at radius 1 is 0.273 bits per heavy atom. The third-order valence-corrected chi connectivity index (χ3v) is 15.1. The van der Waals surface area contributed by atoms with Crippen LogP contribution in [0.2, 0.25) is 0 Å². The molecule has 3 heteroatoms. The summed E-state index contributed by atoms with van der Waals surface area (Å²) in [6.45, 7) is 5.16. The van der Waals surface area contributed by atoms with Crippen LogP contribution in [0.25, 0.3) is 0 Å². The lowest BCUT2D eigenvalue weighted by Crippen LogP contribution is -2.06. The zero-order valence-corrected chi connectivity index (χ0v) is 46.1. The van der Waals surface area contributed by atoms with Gasteiger partial charge in [-0.3, -0.25) is 4.79 Å². The van der Waals surface area contributed by atoms with Crippen LogP contribution in [-0.2, 0) is 9.53 Å². The smallest absolute Gasteiger partial charge is 0.305 e. The predicted octanol–water partition coefficient (Wildman–Crippen LogP) is 22.6. The molecule has 0 saturated heterocycles. The number of hydrogen-bond acceptors (Lipinski definition) is 3. The zero-order valence-electron chi connectivity index (χ0n) is 46.1. The van der Waals surface area contributed by atoms with Gasteiger partial charge in [0.1, 0.15) is 0 Å². The van der Waals surface area contributed by atoms with Crippen molar-refractivity contribution >= 4 is 5.97 Å². The fourth-order valence-electron chi connectivity index (χ4n) is 10.3. The van der Waals surface area contributed by atoms with Crippen LogP contribution in [-0.4, -0.2) is 23.8 Å². The molecule has 1 unspecified atom stereocenters. The summed E-state index contributed by atoms with van der Waals surface area (Å²) in [7, 11) is 0. The second kappa shape index (κ2) is 60.6. The van der Waals surface area contributed by atoms with Crippen LogP contribution in [0.4, 0.5) is 0 Å². The first-order valence-corrected chi connectivity index (χ1v) is 31.5. The predicted molar refractivity (Wildman–Crippen MR) is 296 cm³/mol. The molecule has 0 radical (unpaired) electrons. The zero-order chi connectivity index (χ0) is 47.6. The maximum atomic E-state index is 12.1. The van der Waals surface area contributed by atoms with Crippen LogP contribution in [0, 0.1) is 0 Å². The molecule has 0 aliphatic rings. The van der Waals surface area contributed by atoms with Crippen molar-refractivity contribution in [2.45, 2.75) is 392 Å². The van der Waals surface area contributed by atoms with E-state index in [-0.39, 0.29) is 12.1 Å². The Kier molecular flexibility index (Phi) is 60.0. The maximum absolute atomic E-state index is 12.1. The van der Waals surface area contributed by atoms with E-state index in [4.69, 9.17) is 4.74 Å². The van der Waals surface area contributed by atoms with Gasteiger partial charge in [0.15, 0.2) is 0 Å². The average Bonchev–Trinajstić information content (AvgIpc) is 3.32. The Morgan fingerprint density at radius 2 is 0.455 bits per heavy atom. The summed E-state index contributed by atoms with van der Waals surface area (Å²) >= 11 is 0.